The fraction of sp³-hybridized carbons (Fsp3) is 0.458. The van der Waals surface area contributed by atoms with Crippen LogP contribution in [-0.2, 0) is 67.6 Å². The van der Waals surface area contributed by atoms with Gasteiger partial charge in [-0.3, -0.25) is 38.3 Å². The van der Waals surface area contributed by atoms with Gasteiger partial charge in [-0.1, -0.05) is 24.0 Å². The van der Waals surface area contributed by atoms with Gasteiger partial charge in [0.1, 0.15) is 59.9 Å². The molecule has 0 aliphatic carbocycles. The molecule has 4 heterocycles. The Hall–Kier alpha value is -5.71. The minimum Gasteiger partial charge on any atom is -0.462 e. The first-order valence-electron chi connectivity index (χ1n) is 23.5. The van der Waals surface area contributed by atoms with Gasteiger partial charge in [-0.15, -0.1) is 12.3 Å². The standard InChI is InChI=1S/C48H57FN6O18P2S2/c1-9-18-48(65)36(71-41(40(48)59)54-19-16-37(56)50-45(54)62)25-67-75(77,52-29(7)42(60)68-26(3)4)72-32-13-11-12-31(23-32)22-28(6)69-43(61)30(8)53-74(76,73-33-14-15-34(49)27(5)21-33)66-24-35-39(58)47(64,10-2)44(70-35)55-20-17-38(57)51-46(55)63/h2,11-17,19-21,23,26,28-30,35-36,39-41,44,58-59,64-65H,22,24-25H2,1,3-8H3,(H,52,77)(H,53,76)(H,50,56,62)(H,51,57,63). The lowest BCUT2D eigenvalue weighted by Crippen LogP contribution is -2.49. The van der Waals surface area contributed by atoms with Crippen LogP contribution in [0.1, 0.15) is 65.1 Å². The van der Waals surface area contributed by atoms with Crippen molar-refractivity contribution >= 4 is 48.8 Å². The lowest BCUT2D eigenvalue weighted by molar-refractivity contribution is -0.150. The molecule has 0 radical (unpaired) electrons. The van der Waals surface area contributed by atoms with Crippen LogP contribution in [-0.4, -0.2) is 125 Å². The van der Waals surface area contributed by atoms with Crippen molar-refractivity contribution in [3.05, 3.63) is 126 Å². The van der Waals surface area contributed by atoms with E-state index in [1.165, 1.54) is 45.9 Å². The van der Waals surface area contributed by atoms with E-state index < -0.39 is 139 Å². The summed E-state index contributed by atoms with van der Waals surface area (Å²) in [6.07, 6.45) is -3.53. The molecule has 0 spiro atoms. The first kappa shape index (κ1) is 60.5. The molecule has 0 bridgehead atoms. The van der Waals surface area contributed by atoms with Crippen molar-refractivity contribution in [3.8, 4) is 35.7 Å². The van der Waals surface area contributed by atoms with Crippen LogP contribution >= 0.6 is 13.3 Å². The summed E-state index contributed by atoms with van der Waals surface area (Å²) in [6.45, 7) is 1.51. The van der Waals surface area contributed by atoms with E-state index in [0.717, 1.165) is 39.7 Å². The van der Waals surface area contributed by atoms with Gasteiger partial charge in [-0.25, -0.2) is 24.2 Å². The van der Waals surface area contributed by atoms with E-state index in [4.69, 9.17) is 67.1 Å². The van der Waals surface area contributed by atoms with Crippen molar-refractivity contribution in [2.45, 2.75) is 127 Å². The quantitative estimate of drug-likeness (QED) is 0.0311. The number of H-pyrrole nitrogens is 2. The van der Waals surface area contributed by atoms with E-state index in [2.05, 4.69) is 27.0 Å². The second-order valence-electron chi connectivity index (χ2n) is 18.1. The summed E-state index contributed by atoms with van der Waals surface area (Å²) in [5.41, 5.74) is -7.53. The number of ether oxygens (including phenoxy) is 4. The molecule has 2 aliphatic heterocycles. The van der Waals surface area contributed by atoms with Crippen molar-refractivity contribution in [1.82, 2.24) is 29.3 Å². The molecule has 8 N–H and O–H groups in total. The zero-order valence-corrected chi connectivity index (χ0v) is 45.7. The Morgan fingerprint density at radius 2 is 1.39 bits per heavy atom. The Bertz CT molecular complexity index is 3290. The van der Waals surface area contributed by atoms with Crippen LogP contribution in [0.2, 0.25) is 0 Å². The normalized spacial score (nSPS) is 25.7. The first-order valence-corrected chi connectivity index (χ1v) is 28.8. The second-order valence-corrected chi connectivity index (χ2v) is 24.4. The summed E-state index contributed by atoms with van der Waals surface area (Å²) in [5, 5.41) is 51.1. The SMILES string of the molecule is C#CC1(O)C(O)C(COP(=S)(NC(C)C(=O)OC(C)Cc2cccc(OP(=S)(NC(C)C(=O)OC(C)C)OCC3OC(n4ccc(=O)[nH]c4=O)C(O)C3(O)C#CC)c2)Oc2ccc(F)c(C)c2)OC1n1ccc(=O)[nH]c1=O. The molecule has 0 saturated carbocycles. The maximum Gasteiger partial charge on any atom is 0.330 e. The number of terminal acetylenes is 1. The molecule has 29 heteroatoms. The number of carbonyl (C=O) groups excluding carboxylic acids is 2. The van der Waals surface area contributed by atoms with Gasteiger partial charge in [0, 0.05) is 30.9 Å². The van der Waals surface area contributed by atoms with Crippen LogP contribution in [0, 0.1) is 36.9 Å². The molecule has 13 unspecified atom stereocenters. The van der Waals surface area contributed by atoms with Crippen molar-refractivity contribution < 1.29 is 71.4 Å². The number of nitrogens with zero attached hydrogens (tertiary/aromatic N) is 2. The molecule has 13 atom stereocenters. The van der Waals surface area contributed by atoms with Crippen molar-refractivity contribution in [1.29, 1.82) is 0 Å². The number of aliphatic hydroxyl groups is 4. The molecular weight excluding hydrogens is 1090 g/mol. The Balaban J connectivity index is 1.16. The average molecular weight is 1150 g/mol. The van der Waals surface area contributed by atoms with E-state index in [0.29, 0.717) is 5.56 Å². The zero-order chi connectivity index (χ0) is 56.8. The second kappa shape index (κ2) is 25.0. The molecule has 24 nitrogen and oxygen atoms in total. The summed E-state index contributed by atoms with van der Waals surface area (Å²) in [4.78, 5) is 79.6. The third kappa shape index (κ3) is 14.5. The van der Waals surface area contributed by atoms with Gasteiger partial charge in [0.2, 0.25) is 0 Å². The van der Waals surface area contributed by atoms with Gasteiger partial charge in [0.05, 0.1) is 19.3 Å². The highest BCUT2D eigenvalue weighted by atomic mass is 32.5. The van der Waals surface area contributed by atoms with Gasteiger partial charge in [0.25, 0.3) is 11.1 Å². The summed E-state index contributed by atoms with van der Waals surface area (Å²) >= 11 is 11.7. The highest BCUT2D eigenvalue weighted by molar-refractivity contribution is 8.09. The molecule has 4 aromatic rings. The first-order chi connectivity index (χ1) is 36.1. The fourth-order valence-corrected chi connectivity index (χ4v) is 12.7. The topological polar surface area (TPSA) is 323 Å². The van der Waals surface area contributed by atoms with Crippen LogP contribution < -0.4 is 41.7 Å². The number of hydrogen-bond donors (Lipinski definition) is 8. The Kier molecular flexibility index (Phi) is 19.6. The van der Waals surface area contributed by atoms with Crippen LogP contribution in [0.5, 0.6) is 11.5 Å². The molecule has 2 fully saturated rings. The highest BCUT2D eigenvalue weighted by Crippen LogP contribution is 2.49. The third-order valence-electron chi connectivity index (χ3n) is 11.7. The van der Waals surface area contributed by atoms with E-state index in [9.17, 15) is 53.6 Å². The molecule has 2 saturated heterocycles. The molecule has 2 aliphatic rings. The lowest BCUT2D eigenvalue weighted by atomic mass is 9.93. The van der Waals surface area contributed by atoms with E-state index in [1.807, 2.05) is 10.9 Å². The van der Waals surface area contributed by atoms with Gasteiger partial charge in [-0.05, 0) is 114 Å². The maximum atomic E-state index is 14.3. The molecule has 2 aromatic carbocycles. The molecule has 0 amide bonds. The number of carbonyl (C=O) groups is 2. The fourth-order valence-electron chi connectivity index (χ4n) is 7.86. The van der Waals surface area contributed by atoms with Crippen molar-refractivity contribution in [2.24, 2.45) is 0 Å². The number of benzene rings is 2. The molecule has 416 valence electrons. The van der Waals surface area contributed by atoms with E-state index in [1.54, 1.807) is 39.0 Å². The number of nitrogens with one attached hydrogen (secondary N) is 4. The number of aromatic amines is 2. The van der Waals surface area contributed by atoms with E-state index in [-0.39, 0.29) is 23.5 Å². The van der Waals surface area contributed by atoms with E-state index >= 15 is 0 Å². The number of hydrogen-bond acceptors (Lipinski definition) is 20. The largest absolute Gasteiger partial charge is 0.462 e. The third-order valence-corrected chi connectivity index (χ3v) is 16.7. The smallest absolute Gasteiger partial charge is 0.330 e. The molecule has 6 rings (SSSR count). The summed E-state index contributed by atoms with van der Waals surface area (Å²) in [7, 11) is 0. The average Bonchev–Trinajstić information content (AvgIpc) is 3.80. The summed E-state index contributed by atoms with van der Waals surface area (Å²) < 4.78 is 63.3. The number of aromatic nitrogens is 4. The van der Waals surface area contributed by atoms with Gasteiger partial charge in [0.15, 0.2) is 23.7 Å². The predicted molar refractivity (Wildman–Crippen MR) is 280 cm³/mol. The predicted octanol–water partition coefficient (Wildman–Crippen LogP) is 1.19. The Morgan fingerprint density at radius 3 is 1.95 bits per heavy atom. The Morgan fingerprint density at radius 1 is 0.818 bits per heavy atom. The summed E-state index contributed by atoms with van der Waals surface area (Å²) in [5.74, 6) is 5.14. The number of halogens is 1. The molecule has 2 aromatic heterocycles. The van der Waals surface area contributed by atoms with Gasteiger partial charge >= 0.3 is 36.6 Å². The maximum absolute atomic E-state index is 14.3. The summed E-state index contributed by atoms with van der Waals surface area (Å²) in [6, 6.07) is 9.73. The van der Waals surface area contributed by atoms with Crippen molar-refractivity contribution in [2.75, 3.05) is 13.2 Å². The van der Waals surface area contributed by atoms with Gasteiger partial charge in [-0.2, -0.15) is 0 Å². The minimum atomic E-state index is -3.95. The Labute approximate surface area is 449 Å². The number of esters is 2. The number of rotatable bonds is 22. The van der Waals surface area contributed by atoms with Crippen LogP contribution in [0.25, 0.3) is 0 Å². The minimum absolute atomic E-state index is 0.0322. The van der Waals surface area contributed by atoms with Crippen LogP contribution in [0.4, 0.5) is 4.39 Å². The van der Waals surface area contributed by atoms with Crippen LogP contribution in [0.15, 0.2) is 86.2 Å². The number of aliphatic hydroxyl groups excluding tert-OH is 2. The molecule has 77 heavy (non-hydrogen) atoms. The lowest BCUT2D eigenvalue weighted by Gasteiger charge is -2.30. The van der Waals surface area contributed by atoms with Crippen LogP contribution in [0.3, 0.4) is 0 Å². The van der Waals surface area contributed by atoms with Gasteiger partial charge < -0.3 is 57.5 Å². The molecular formula is C48H57FN6O18P2S2. The highest BCUT2D eigenvalue weighted by Gasteiger charge is 2.57. The zero-order valence-electron chi connectivity index (χ0n) is 42.3. The number of aryl methyl sites for hydroxylation is 1. The van der Waals surface area contributed by atoms with Crippen molar-refractivity contribution in [3.63, 3.8) is 0 Å². The monoisotopic (exact) mass is 1150 g/mol.